The first-order valence-electron chi connectivity index (χ1n) is 2.00. The third-order valence-electron chi connectivity index (χ3n) is 0. The van der Waals surface area contributed by atoms with E-state index < -0.39 is 31.2 Å². The Morgan fingerprint density at radius 1 is 0.412 bits per heavy atom. The normalized spacial score (nSPS) is 10.2. The van der Waals surface area contributed by atoms with Gasteiger partial charge in [-0.3, -0.25) is 25.3 Å². The maximum absolute atomic E-state index is 8.52. The summed E-state index contributed by atoms with van der Waals surface area (Å²) in [5, 5.41) is 0. The van der Waals surface area contributed by atoms with Crippen LogP contribution in [-0.2, 0) is 64.8 Å². The first-order valence-corrected chi connectivity index (χ1v) is 6.00. The second-order valence-corrected chi connectivity index (χ2v) is 3.67. The Kier molecular flexibility index (Phi) is 21.0. The van der Waals surface area contributed by atoms with E-state index in [0.29, 0.717) is 0 Å². The molecule has 0 bridgehead atoms. The first-order chi connectivity index (χ1) is 6.00. The molecule has 12 nitrogen and oxygen atoms in total. The van der Waals surface area contributed by atoms with E-state index in [0.717, 1.165) is 0 Å². The molecule has 0 saturated carbocycles. The van der Waals surface area contributed by atoms with Crippen LogP contribution >= 0.6 is 0 Å². The van der Waals surface area contributed by atoms with Gasteiger partial charge in [0.25, 0.3) is 0 Å². The molecule has 0 aliphatic heterocycles. The summed E-state index contributed by atoms with van der Waals surface area (Å²) in [6.45, 7) is 0. The summed E-state index contributed by atoms with van der Waals surface area (Å²) in [4.78, 5) is 0. The Bertz CT molecular complexity index is 341. The monoisotopic (exact) mass is 406 g/mol. The van der Waals surface area contributed by atoms with Gasteiger partial charge in [-0.1, -0.05) is 0 Å². The van der Waals surface area contributed by atoms with E-state index in [9.17, 15) is 0 Å². The van der Waals surface area contributed by atoms with Gasteiger partial charge in [-0.05, 0) is 0 Å². The van der Waals surface area contributed by atoms with Gasteiger partial charge in [0.1, 0.15) is 0 Å². The van der Waals surface area contributed by atoms with Crippen LogP contribution in [0.4, 0.5) is 0 Å². The van der Waals surface area contributed by atoms with Crippen LogP contribution in [0.25, 0.3) is 0 Å². The van der Waals surface area contributed by atoms with Crippen LogP contribution in [-0.4, -0.2) is 52.6 Å². The van der Waals surface area contributed by atoms with Crippen molar-refractivity contribution < 1.29 is 86.1 Å². The van der Waals surface area contributed by atoms with E-state index in [-0.39, 0.29) is 33.6 Å². The number of hydrogen-bond acceptors (Lipinski definition) is 12. The van der Waals surface area contributed by atoms with Crippen molar-refractivity contribution in [2.45, 2.75) is 0 Å². The molecule has 0 aromatic rings. The molecule has 0 aromatic carbocycles. The van der Waals surface area contributed by atoms with Crippen LogP contribution in [0.3, 0.4) is 0 Å². The number of rotatable bonds is 0. The van der Waals surface area contributed by atoms with Crippen LogP contribution in [0.1, 0.15) is 0 Å². The quantitative estimate of drug-likeness (QED) is 0.276. The largest absolute Gasteiger partial charge is 3.00 e. The minimum Gasteiger partial charge on any atom is -0.759 e. The van der Waals surface area contributed by atoms with Crippen molar-refractivity contribution in [1.82, 2.24) is 0 Å². The minimum absolute atomic E-state index is 0. The van der Waals surface area contributed by atoms with E-state index in [1.807, 2.05) is 0 Å². The van der Waals surface area contributed by atoms with E-state index in [1.165, 1.54) is 0 Å². The molecule has 0 spiro atoms. The van der Waals surface area contributed by atoms with Crippen molar-refractivity contribution in [3.63, 3.8) is 0 Å². The summed E-state index contributed by atoms with van der Waals surface area (Å²) in [5.41, 5.74) is 0. The van der Waals surface area contributed by atoms with Gasteiger partial charge in [-0.15, -0.1) is 0 Å². The molecule has 0 rings (SSSR count). The molecule has 0 saturated heterocycles. The van der Waals surface area contributed by atoms with Gasteiger partial charge in [-0.2, -0.15) is 0 Å². The zero-order chi connectivity index (χ0) is 13.5. The summed E-state index contributed by atoms with van der Waals surface area (Å²) in [7, 11) is -15.5. The van der Waals surface area contributed by atoms with Crippen molar-refractivity contribution in [1.29, 1.82) is 0 Å². The average molecular weight is 406 g/mol. The summed E-state index contributed by atoms with van der Waals surface area (Å²) >= 11 is 0. The van der Waals surface area contributed by atoms with Gasteiger partial charge in [0.05, 0.1) is 0 Å². The molecule has 0 N–H and O–H groups in total. The Hall–Kier alpha value is 0.623. The fourth-order valence-corrected chi connectivity index (χ4v) is 0. The predicted octanol–water partition coefficient (Wildman–Crippen LogP) is -4.02. The summed E-state index contributed by atoms with van der Waals surface area (Å²) in [6.07, 6.45) is 0. The topological polar surface area (TPSA) is 241 Å². The van der Waals surface area contributed by atoms with Crippen molar-refractivity contribution >= 4 is 31.2 Å². The molecule has 108 valence electrons. The molecule has 0 fully saturated rings. The molecule has 0 heterocycles. The maximum Gasteiger partial charge on any atom is 3.00 e. The Balaban J connectivity index is -0.0000000400. The smallest absolute Gasteiger partial charge is 0.759 e. The van der Waals surface area contributed by atoms with E-state index in [1.54, 1.807) is 0 Å². The van der Waals surface area contributed by atoms with Crippen LogP contribution in [0.15, 0.2) is 0 Å². The molecular weight excluding hydrogens is 406 g/mol. The maximum atomic E-state index is 8.52. The van der Waals surface area contributed by atoms with E-state index in [4.69, 9.17) is 52.6 Å². The third kappa shape index (κ3) is 9160. The van der Waals surface area contributed by atoms with Gasteiger partial charge < -0.3 is 27.3 Å². The molecular formula is Co2O12S3. The molecule has 17 heavy (non-hydrogen) atoms. The van der Waals surface area contributed by atoms with Gasteiger partial charge in [0.2, 0.25) is 0 Å². The molecule has 0 aliphatic rings. The van der Waals surface area contributed by atoms with Gasteiger partial charge in [-0.25, -0.2) is 0 Å². The van der Waals surface area contributed by atoms with E-state index >= 15 is 0 Å². The second-order valence-electron chi connectivity index (χ2n) is 1.22. The zero-order valence-corrected chi connectivity index (χ0v) is 11.3. The van der Waals surface area contributed by atoms with Crippen molar-refractivity contribution in [2.75, 3.05) is 0 Å². The Morgan fingerprint density at radius 3 is 0.412 bits per heavy atom. The minimum atomic E-state index is -5.17. The zero-order valence-electron chi connectivity index (χ0n) is 6.79. The second kappa shape index (κ2) is 11.7. The molecule has 0 amide bonds. The molecule has 0 radical (unpaired) electrons. The average Bonchev–Trinajstić information content (AvgIpc) is 1.41. The van der Waals surface area contributed by atoms with Crippen LogP contribution < -0.4 is 0 Å². The SMILES string of the molecule is O=S(=O)([O-])[O-].O=S(=O)([O-])[O-].O=S(=O)([O-])[O-].[Co+3].[Co+3]. The molecule has 0 unspecified atom stereocenters. The van der Waals surface area contributed by atoms with Crippen molar-refractivity contribution in [3.8, 4) is 0 Å². The summed E-state index contributed by atoms with van der Waals surface area (Å²) in [6, 6.07) is 0. The molecule has 17 heteroatoms. The van der Waals surface area contributed by atoms with E-state index in [2.05, 4.69) is 0 Å². The van der Waals surface area contributed by atoms with Gasteiger partial charge in [0, 0.05) is 31.2 Å². The Labute approximate surface area is 117 Å². The summed E-state index contributed by atoms with van der Waals surface area (Å²) in [5.74, 6) is 0. The molecule has 0 atom stereocenters. The van der Waals surface area contributed by atoms with Crippen LogP contribution in [0.5, 0.6) is 0 Å². The van der Waals surface area contributed by atoms with Crippen LogP contribution in [0, 0.1) is 0 Å². The predicted molar refractivity (Wildman–Crippen MR) is 31.4 cm³/mol. The number of hydrogen-bond donors (Lipinski definition) is 0. The molecule has 0 aromatic heterocycles. The van der Waals surface area contributed by atoms with Crippen molar-refractivity contribution in [2.24, 2.45) is 0 Å². The fourth-order valence-electron chi connectivity index (χ4n) is 0. The fraction of sp³-hybridized carbons (Fsp3) is 0. The Morgan fingerprint density at radius 2 is 0.412 bits per heavy atom. The first kappa shape index (κ1) is 30.6. The third-order valence-corrected chi connectivity index (χ3v) is 0. The van der Waals surface area contributed by atoms with Crippen LogP contribution in [0.2, 0.25) is 0 Å². The van der Waals surface area contributed by atoms with Gasteiger partial charge >= 0.3 is 33.6 Å². The summed E-state index contributed by atoms with van der Waals surface area (Å²) < 4.78 is 102. The molecule has 0 aliphatic carbocycles. The standard InChI is InChI=1S/2Co.3H2O4S/c;;3*1-5(2,3)4/h;;3*(H2,1,2,3,4)/q2*+3;;;/p-6. The van der Waals surface area contributed by atoms with Gasteiger partial charge in [0.15, 0.2) is 0 Å². The van der Waals surface area contributed by atoms with Crippen molar-refractivity contribution in [3.05, 3.63) is 0 Å².